The van der Waals surface area contributed by atoms with Gasteiger partial charge in [0.1, 0.15) is 0 Å². The van der Waals surface area contributed by atoms with Crippen LogP contribution in [0, 0.1) is 5.92 Å². The van der Waals surface area contributed by atoms with Crippen molar-refractivity contribution in [3.05, 3.63) is 0 Å². The number of nitrogens with zero attached hydrogens (tertiary/aromatic N) is 2. The summed E-state index contributed by atoms with van der Waals surface area (Å²) < 4.78 is 5.75. The first-order valence-electron chi connectivity index (χ1n) is 8.46. The summed E-state index contributed by atoms with van der Waals surface area (Å²) in [4.78, 5) is 5.33. The molecule has 0 bridgehead atoms. The molecule has 3 nitrogen and oxygen atoms in total. The van der Waals surface area contributed by atoms with Crippen LogP contribution in [-0.4, -0.2) is 61.8 Å². The predicted molar refractivity (Wildman–Crippen MR) is 78.4 cm³/mol. The minimum absolute atomic E-state index is 0.532. The Hall–Kier alpha value is -0.120. The standard InChI is InChI=1S/C16H30N2O/c1-2-5-15(6-3-1)13-17-8-10-18(11-9-17)14-16-7-4-12-19-16/h15-16H,1-14H2. The van der Waals surface area contributed by atoms with Gasteiger partial charge in [-0.15, -0.1) is 0 Å². The lowest BCUT2D eigenvalue weighted by atomic mass is 9.89. The molecule has 1 aliphatic carbocycles. The lowest BCUT2D eigenvalue weighted by Crippen LogP contribution is -2.49. The first-order chi connectivity index (χ1) is 9.40. The second kappa shape index (κ2) is 7.05. The van der Waals surface area contributed by atoms with Crippen molar-refractivity contribution in [2.24, 2.45) is 5.92 Å². The summed E-state index contributed by atoms with van der Waals surface area (Å²) in [7, 11) is 0. The van der Waals surface area contributed by atoms with Crippen molar-refractivity contribution in [1.82, 2.24) is 9.80 Å². The zero-order valence-electron chi connectivity index (χ0n) is 12.4. The average molecular weight is 266 g/mol. The smallest absolute Gasteiger partial charge is 0.0702 e. The Morgan fingerprint density at radius 1 is 0.737 bits per heavy atom. The van der Waals surface area contributed by atoms with Crippen LogP contribution < -0.4 is 0 Å². The van der Waals surface area contributed by atoms with Crippen molar-refractivity contribution in [2.45, 2.75) is 51.0 Å². The van der Waals surface area contributed by atoms with Gasteiger partial charge < -0.3 is 9.64 Å². The molecule has 0 spiro atoms. The first-order valence-corrected chi connectivity index (χ1v) is 8.46. The third kappa shape index (κ3) is 4.17. The highest BCUT2D eigenvalue weighted by Gasteiger charge is 2.24. The molecular weight excluding hydrogens is 236 g/mol. The van der Waals surface area contributed by atoms with Crippen LogP contribution in [0.25, 0.3) is 0 Å². The number of piperazine rings is 1. The van der Waals surface area contributed by atoms with Crippen LogP contribution >= 0.6 is 0 Å². The molecule has 110 valence electrons. The van der Waals surface area contributed by atoms with Gasteiger partial charge in [0.15, 0.2) is 0 Å². The van der Waals surface area contributed by atoms with Gasteiger partial charge in [-0.2, -0.15) is 0 Å². The Kier molecular flexibility index (Phi) is 5.14. The van der Waals surface area contributed by atoms with E-state index in [0.29, 0.717) is 6.10 Å². The normalized spacial score (nSPS) is 31.9. The molecule has 3 heteroatoms. The summed E-state index contributed by atoms with van der Waals surface area (Å²) in [6, 6.07) is 0. The van der Waals surface area contributed by atoms with Crippen molar-refractivity contribution >= 4 is 0 Å². The van der Waals surface area contributed by atoms with E-state index in [9.17, 15) is 0 Å². The van der Waals surface area contributed by atoms with Crippen LogP contribution in [0.2, 0.25) is 0 Å². The van der Waals surface area contributed by atoms with E-state index in [0.717, 1.165) is 12.5 Å². The maximum atomic E-state index is 5.75. The van der Waals surface area contributed by atoms with Crippen molar-refractivity contribution in [3.8, 4) is 0 Å². The van der Waals surface area contributed by atoms with Crippen molar-refractivity contribution in [3.63, 3.8) is 0 Å². The maximum absolute atomic E-state index is 5.75. The molecule has 0 amide bonds. The van der Waals surface area contributed by atoms with Crippen molar-refractivity contribution < 1.29 is 4.74 Å². The summed E-state index contributed by atoms with van der Waals surface area (Å²) in [6.45, 7) is 8.61. The van der Waals surface area contributed by atoms with Crippen LogP contribution in [0.5, 0.6) is 0 Å². The molecule has 0 N–H and O–H groups in total. The van der Waals surface area contributed by atoms with E-state index < -0.39 is 0 Å². The zero-order valence-corrected chi connectivity index (χ0v) is 12.4. The molecule has 0 radical (unpaired) electrons. The quantitative estimate of drug-likeness (QED) is 0.777. The van der Waals surface area contributed by atoms with Crippen LogP contribution in [0.3, 0.4) is 0 Å². The highest BCUT2D eigenvalue weighted by molar-refractivity contribution is 4.78. The van der Waals surface area contributed by atoms with E-state index >= 15 is 0 Å². The minimum atomic E-state index is 0.532. The van der Waals surface area contributed by atoms with E-state index in [1.54, 1.807) is 0 Å². The highest BCUT2D eigenvalue weighted by atomic mass is 16.5. The van der Waals surface area contributed by atoms with E-state index in [1.807, 2.05) is 0 Å². The van der Waals surface area contributed by atoms with Crippen molar-refractivity contribution in [2.75, 3.05) is 45.9 Å². The second-order valence-electron chi connectivity index (χ2n) is 6.74. The first kappa shape index (κ1) is 13.8. The van der Waals surface area contributed by atoms with Gasteiger partial charge in [0.2, 0.25) is 0 Å². The predicted octanol–water partition coefficient (Wildman–Crippen LogP) is 2.36. The molecule has 0 aromatic rings. The summed E-state index contributed by atoms with van der Waals surface area (Å²) >= 11 is 0. The maximum Gasteiger partial charge on any atom is 0.0702 e. The average Bonchev–Trinajstić information content (AvgIpc) is 2.95. The topological polar surface area (TPSA) is 15.7 Å². The van der Waals surface area contributed by atoms with Gasteiger partial charge in [0.25, 0.3) is 0 Å². The van der Waals surface area contributed by atoms with Gasteiger partial charge >= 0.3 is 0 Å². The molecule has 2 saturated heterocycles. The van der Waals surface area contributed by atoms with E-state index in [1.165, 1.54) is 84.2 Å². The molecule has 1 saturated carbocycles. The molecule has 0 aromatic carbocycles. The van der Waals surface area contributed by atoms with Gasteiger partial charge in [0.05, 0.1) is 6.10 Å². The van der Waals surface area contributed by atoms with Crippen molar-refractivity contribution in [1.29, 1.82) is 0 Å². The Balaban J connectivity index is 1.34. The van der Waals surface area contributed by atoms with Gasteiger partial charge in [-0.05, 0) is 31.6 Å². The Morgan fingerprint density at radius 2 is 1.42 bits per heavy atom. The fraction of sp³-hybridized carbons (Fsp3) is 1.00. The molecule has 2 aliphatic heterocycles. The lowest BCUT2D eigenvalue weighted by molar-refractivity contribution is 0.0457. The Bertz CT molecular complexity index is 251. The summed E-state index contributed by atoms with van der Waals surface area (Å²) in [5.41, 5.74) is 0. The Labute approximate surface area is 118 Å². The minimum Gasteiger partial charge on any atom is -0.377 e. The molecule has 3 fully saturated rings. The third-order valence-corrected chi connectivity index (χ3v) is 5.19. The van der Waals surface area contributed by atoms with Gasteiger partial charge in [-0.25, -0.2) is 0 Å². The number of ether oxygens (including phenoxy) is 1. The molecule has 1 unspecified atom stereocenters. The molecular formula is C16H30N2O. The van der Waals surface area contributed by atoms with E-state index in [4.69, 9.17) is 4.74 Å². The monoisotopic (exact) mass is 266 g/mol. The fourth-order valence-corrected chi connectivity index (χ4v) is 3.97. The van der Waals surface area contributed by atoms with E-state index in [-0.39, 0.29) is 0 Å². The Morgan fingerprint density at radius 3 is 2.05 bits per heavy atom. The molecule has 0 aromatic heterocycles. The van der Waals surface area contributed by atoms with Crippen LogP contribution in [0.1, 0.15) is 44.9 Å². The molecule has 3 aliphatic rings. The lowest BCUT2D eigenvalue weighted by Gasteiger charge is -2.38. The van der Waals surface area contributed by atoms with Crippen LogP contribution in [0.4, 0.5) is 0 Å². The highest BCUT2D eigenvalue weighted by Crippen LogP contribution is 2.24. The number of hydrogen-bond donors (Lipinski definition) is 0. The zero-order chi connectivity index (χ0) is 12.9. The second-order valence-corrected chi connectivity index (χ2v) is 6.74. The summed E-state index contributed by atoms with van der Waals surface area (Å²) in [5.74, 6) is 0.999. The van der Waals surface area contributed by atoms with Gasteiger partial charge in [0, 0.05) is 45.9 Å². The third-order valence-electron chi connectivity index (χ3n) is 5.19. The molecule has 19 heavy (non-hydrogen) atoms. The number of rotatable bonds is 4. The molecule has 1 atom stereocenters. The summed E-state index contributed by atoms with van der Waals surface area (Å²) in [5, 5.41) is 0. The summed E-state index contributed by atoms with van der Waals surface area (Å²) in [6.07, 6.45) is 10.5. The SMILES string of the molecule is C1CCC(CN2CCN(CC3CCCO3)CC2)CC1. The van der Waals surface area contributed by atoms with Crippen LogP contribution in [-0.2, 0) is 4.74 Å². The molecule has 3 rings (SSSR count). The van der Waals surface area contributed by atoms with Gasteiger partial charge in [-0.3, -0.25) is 4.90 Å². The fourth-order valence-electron chi connectivity index (χ4n) is 3.97. The van der Waals surface area contributed by atoms with E-state index in [2.05, 4.69) is 9.80 Å². The largest absolute Gasteiger partial charge is 0.377 e. The molecule has 2 heterocycles. The van der Waals surface area contributed by atoms with Crippen LogP contribution in [0.15, 0.2) is 0 Å². The number of hydrogen-bond acceptors (Lipinski definition) is 3. The van der Waals surface area contributed by atoms with Gasteiger partial charge in [-0.1, -0.05) is 19.3 Å².